The standard InChI is InChI=1S/C15H18ClNOS/c1-10-7-8-19-15(10)14(17-3)11(2)18-13-6-4-5-12(16)9-13/h4-9,11,14,17H,1-3H3. The molecule has 102 valence electrons. The van der Waals surface area contributed by atoms with E-state index in [1.165, 1.54) is 10.4 Å². The van der Waals surface area contributed by atoms with E-state index < -0.39 is 0 Å². The van der Waals surface area contributed by atoms with Crippen molar-refractivity contribution in [2.45, 2.75) is 26.0 Å². The van der Waals surface area contributed by atoms with E-state index in [0.29, 0.717) is 5.02 Å². The van der Waals surface area contributed by atoms with Gasteiger partial charge in [0.25, 0.3) is 0 Å². The Bertz CT molecular complexity index is 540. The molecular formula is C15H18ClNOS. The summed E-state index contributed by atoms with van der Waals surface area (Å²) in [4.78, 5) is 1.32. The zero-order valence-corrected chi connectivity index (χ0v) is 12.9. The molecule has 0 aliphatic heterocycles. The lowest BCUT2D eigenvalue weighted by atomic mass is 10.1. The summed E-state index contributed by atoms with van der Waals surface area (Å²) in [6.45, 7) is 4.20. The van der Waals surface area contributed by atoms with E-state index in [0.717, 1.165) is 5.75 Å². The molecule has 19 heavy (non-hydrogen) atoms. The number of nitrogens with one attached hydrogen (secondary N) is 1. The molecule has 2 aromatic rings. The van der Waals surface area contributed by atoms with Gasteiger partial charge in [-0.1, -0.05) is 17.7 Å². The lowest BCUT2D eigenvalue weighted by Crippen LogP contribution is -2.31. The van der Waals surface area contributed by atoms with Gasteiger partial charge in [-0.05, 0) is 56.1 Å². The molecule has 0 aliphatic rings. The van der Waals surface area contributed by atoms with Crippen molar-refractivity contribution < 1.29 is 4.74 Å². The minimum atomic E-state index is 0.0285. The zero-order valence-electron chi connectivity index (χ0n) is 11.3. The first-order valence-corrected chi connectivity index (χ1v) is 7.51. The van der Waals surface area contributed by atoms with Crippen molar-refractivity contribution in [3.63, 3.8) is 0 Å². The molecule has 0 radical (unpaired) electrons. The van der Waals surface area contributed by atoms with Crippen LogP contribution in [0.1, 0.15) is 23.4 Å². The molecule has 2 unspecified atom stereocenters. The van der Waals surface area contributed by atoms with Crippen molar-refractivity contribution in [1.29, 1.82) is 0 Å². The molecule has 0 aliphatic carbocycles. The van der Waals surface area contributed by atoms with Crippen molar-refractivity contribution in [3.05, 3.63) is 51.2 Å². The molecule has 4 heteroatoms. The fourth-order valence-electron chi connectivity index (χ4n) is 2.11. The lowest BCUT2D eigenvalue weighted by molar-refractivity contribution is 0.176. The fraction of sp³-hybridized carbons (Fsp3) is 0.333. The SMILES string of the molecule is CNC(c1sccc1C)C(C)Oc1cccc(Cl)c1. The molecule has 0 saturated heterocycles. The summed E-state index contributed by atoms with van der Waals surface area (Å²) in [5, 5.41) is 6.14. The van der Waals surface area contributed by atoms with Gasteiger partial charge in [-0.15, -0.1) is 11.3 Å². The highest BCUT2D eigenvalue weighted by Crippen LogP contribution is 2.29. The van der Waals surface area contributed by atoms with Gasteiger partial charge in [-0.25, -0.2) is 0 Å². The predicted molar refractivity (Wildman–Crippen MR) is 82.4 cm³/mol. The van der Waals surface area contributed by atoms with Crippen LogP contribution in [-0.4, -0.2) is 13.2 Å². The van der Waals surface area contributed by atoms with Gasteiger partial charge < -0.3 is 10.1 Å². The molecule has 1 aromatic carbocycles. The van der Waals surface area contributed by atoms with Crippen LogP contribution in [0.4, 0.5) is 0 Å². The average Bonchev–Trinajstić information content (AvgIpc) is 2.77. The van der Waals surface area contributed by atoms with E-state index in [-0.39, 0.29) is 12.1 Å². The van der Waals surface area contributed by atoms with Crippen LogP contribution >= 0.6 is 22.9 Å². The number of rotatable bonds is 5. The second kappa shape index (κ2) is 6.42. The number of aryl methyl sites for hydroxylation is 1. The molecule has 0 saturated carbocycles. The number of likely N-dealkylation sites (N-methyl/N-ethyl adjacent to an activating group) is 1. The third-order valence-corrected chi connectivity index (χ3v) is 4.42. The smallest absolute Gasteiger partial charge is 0.121 e. The van der Waals surface area contributed by atoms with Crippen LogP contribution < -0.4 is 10.1 Å². The number of hydrogen-bond acceptors (Lipinski definition) is 3. The Balaban J connectivity index is 2.14. The van der Waals surface area contributed by atoms with Gasteiger partial charge in [0, 0.05) is 9.90 Å². The molecule has 1 N–H and O–H groups in total. The minimum absolute atomic E-state index is 0.0285. The predicted octanol–water partition coefficient (Wildman–Crippen LogP) is 4.44. The van der Waals surface area contributed by atoms with E-state index in [2.05, 4.69) is 30.6 Å². The average molecular weight is 296 g/mol. The Kier molecular flexibility index (Phi) is 4.86. The number of benzene rings is 1. The van der Waals surface area contributed by atoms with Gasteiger partial charge in [-0.3, -0.25) is 0 Å². The third-order valence-electron chi connectivity index (χ3n) is 3.08. The van der Waals surface area contributed by atoms with Crippen LogP contribution in [0.2, 0.25) is 5.02 Å². The van der Waals surface area contributed by atoms with Crippen LogP contribution in [0.25, 0.3) is 0 Å². The maximum absolute atomic E-state index is 5.99. The molecule has 0 spiro atoms. The van der Waals surface area contributed by atoms with E-state index >= 15 is 0 Å². The first-order valence-electron chi connectivity index (χ1n) is 6.25. The molecule has 1 heterocycles. The largest absolute Gasteiger partial charge is 0.489 e. The quantitative estimate of drug-likeness (QED) is 0.880. The minimum Gasteiger partial charge on any atom is -0.489 e. The highest BCUT2D eigenvalue weighted by molar-refractivity contribution is 7.10. The van der Waals surface area contributed by atoms with Crippen molar-refractivity contribution in [3.8, 4) is 5.75 Å². The van der Waals surface area contributed by atoms with Gasteiger partial charge >= 0.3 is 0 Å². The Labute approximate surface area is 123 Å². The van der Waals surface area contributed by atoms with E-state index in [1.807, 2.05) is 31.3 Å². The molecule has 0 bridgehead atoms. The lowest BCUT2D eigenvalue weighted by Gasteiger charge is -2.24. The number of ether oxygens (including phenoxy) is 1. The number of hydrogen-bond donors (Lipinski definition) is 1. The molecule has 1 aromatic heterocycles. The summed E-state index contributed by atoms with van der Waals surface area (Å²) < 4.78 is 5.99. The highest BCUT2D eigenvalue weighted by atomic mass is 35.5. The molecule has 2 atom stereocenters. The Morgan fingerprint density at radius 1 is 1.32 bits per heavy atom. The Morgan fingerprint density at radius 2 is 2.11 bits per heavy atom. The Hall–Kier alpha value is -1.03. The van der Waals surface area contributed by atoms with Gasteiger partial charge in [0.2, 0.25) is 0 Å². The topological polar surface area (TPSA) is 21.3 Å². The van der Waals surface area contributed by atoms with Crippen LogP contribution in [0, 0.1) is 6.92 Å². The van der Waals surface area contributed by atoms with Crippen molar-refractivity contribution in [1.82, 2.24) is 5.32 Å². The summed E-state index contributed by atoms with van der Waals surface area (Å²) in [5.41, 5.74) is 1.30. The van der Waals surface area contributed by atoms with Gasteiger partial charge in [0.1, 0.15) is 11.9 Å². The first-order chi connectivity index (χ1) is 9.11. The van der Waals surface area contributed by atoms with Crippen LogP contribution in [-0.2, 0) is 0 Å². The number of halogens is 1. The van der Waals surface area contributed by atoms with Crippen LogP contribution in [0.5, 0.6) is 5.75 Å². The molecule has 2 rings (SSSR count). The van der Waals surface area contributed by atoms with Crippen LogP contribution in [0.15, 0.2) is 35.7 Å². The van der Waals surface area contributed by atoms with Crippen molar-refractivity contribution in [2.24, 2.45) is 0 Å². The van der Waals surface area contributed by atoms with Crippen molar-refractivity contribution >= 4 is 22.9 Å². The molecule has 0 amide bonds. The van der Waals surface area contributed by atoms with Gasteiger partial charge in [0.15, 0.2) is 0 Å². The molecule has 2 nitrogen and oxygen atoms in total. The zero-order chi connectivity index (χ0) is 13.8. The molecule has 0 fully saturated rings. The van der Waals surface area contributed by atoms with Gasteiger partial charge in [0.05, 0.1) is 6.04 Å². The summed E-state index contributed by atoms with van der Waals surface area (Å²) in [7, 11) is 1.96. The maximum atomic E-state index is 5.99. The second-order valence-electron chi connectivity index (χ2n) is 4.51. The highest BCUT2D eigenvalue weighted by Gasteiger charge is 2.22. The summed E-state index contributed by atoms with van der Waals surface area (Å²) in [6.07, 6.45) is 0.0285. The second-order valence-corrected chi connectivity index (χ2v) is 5.90. The summed E-state index contributed by atoms with van der Waals surface area (Å²) in [5.74, 6) is 0.800. The van der Waals surface area contributed by atoms with E-state index in [1.54, 1.807) is 11.3 Å². The van der Waals surface area contributed by atoms with Gasteiger partial charge in [-0.2, -0.15) is 0 Å². The van der Waals surface area contributed by atoms with E-state index in [9.17, 15) is 0 Å². The monoisotopic (exact) mass is 295 g/mol. The normalized spacial score (nSPS) is 14.1. The third kappa shape index (κ3) is 3.50. The maximum Gasteiger partial charge on any atom is 0.121 e. The fourth-order valence-corrected chi connectivity index (χ4v) is 3.41. The molecular weight excluding hydrogens is 278 g/mol. The van der Waals surface area contributed by atoms with Crippen molar-refractivity contribution in [2.75, 3.05) is 7.05 Å². The first kappa shape index (κ1) is 14.4. The number of thiophene rings is 1. The Morgan fingerprint density at radius 3 is 2.68 bits per heavy atom. The summed E-state index contributed by atoms with van der Waals surface area (Å²) >= 11 is 7.73. The van der Waals surface area contributed by atoms with E-state index in [4.69, 9.17) is 16.3 Å². The van der Waals surface area contributed by atoms with Crippen LogP contribution in [0.3, 0.4) is 0 Å². The summed E-state index contributed by atoms with van der Waals surface area (Å²) in [6, 6.07) is 9.82.